The molecule has 1 N–H and O–H groups in total. The highest BCUT2D eigenvalue weighted by Crippen LogP contribution is 2.29. The van der Waals surface area contributed by atoms with Crippen molar-refractivity contribution in [2.24, 2.45) is 0 Å². The Labute approximate surface area is 146 Å². The van der Waals surface area contributed by atoms with E-state index < -0.39 is 0 Å². The molecule has 2 aromatic rings. The Morgan fingerprint density at radius 3 is 2.80 bits per heavy atom. The van der Waals surface area contributed by atoms with Gasteiger partial charge in [0.1, 0.15) is 5.82 Å². The molecule has 0 fully saturated rings. The van der Waals surface area contributed by atoms with Gasteiger partial charge in [-0.1, -0.05) is 19.1 Å². The van der Waals surface area contributed by atoms with Crippen molar-refractivity contribution in [1.29, 1.82) is 0 Å². The second-order valence-electron chi connectivity index (χ2n) is 6.13. The summed E-state index contributed by atoms with van der Waals surface area (Å²) in [6, 6.07) is 11.8. The zero-order chi connectivity index (χ0) is 17.8. The SMILES string of the molecule is CCC(=O)N1CCc2cc(C(=O)NCCc3cccc(F)c3)ccc21. The normalized spacial score (nSPS) is 12.8. The maximum absolute atomic E-state index is 13.1. The highest BCUT2D eigenvalue weighted by atomic mass is 19.1. The number of anilines is 1. The van der Waals surface area contributed by atoms with Crippen molar-refractivity contribution < 1.29 is 14.0 Å². The lowest BCUT2D eigenvalue weighted by molar-refractivity contribution is -0.118. The summed E-state index contributed by atoms with van der Waals surface area (Å²) in [5.41, 5.74) is 3.37. The van der Waals surface area contributed by atoms with Crippen LogP contribution in [0.5, 0.6) is 0 Å². The topological polar surface area (TPSA) is 49.4 Å². The number of nitrogens with zero attached hydrogens (tertiary/aromatic N) is 1. The quantitative estimate of drug-likeness (QED) is 0.909. The summed E-state index contributed by atoms with van der Waals surface area (Å²) in [7, 11) is 0. The molecule has 0 atom stereocenters. The molecule has 1 aliphatic heterocycles. The van der Waals surface area contributed by atoms with Crippen LogP contribution >= 0.6 is 0 Å². The van der Waals surface area contributed by atoms with Gasteiger partial charge in [-0.15, -0.1) is 0 Å². The van der Waals surface area contributed by atoms with E-state index in [0.29, 0.717) is 31.5 Å². The van der Waals surface area contributed by atoms with Crippen LogP contribution in [0.15, 0.2) is 42.5 Å². The predicted octanol–water partition coefficient (Wildman–Crippen LogP) is 3.10. The Morgan fingerprint density at radius 1 is 1.20 bits per heavy atom. The monoisotopic (exact) mass is 340 g/mol. The van der Waals surface area contributed by atoms with Crippen molar-refractivity contribution in [2.75, 3.05) is 18.0 Å². The molecular formula is C20H21FN2O2. The van der Waals surface area contributed by atoms with E-state index in [2.05, 4.69) is 5.32 Å². The summed E-state index contributed by atoms with van der Waals surface area (Å²) >= 11 is 0. The average molecular weight is 340 g/mol. The lowest BCUT2D eigenvalue weighted by Gasteiger charge is -2.16. The third kappa shape index (κ3) is 3.87. The minimum atomic E-state index is -0.270. The fourth-order valence-corrected chi connectivity index (χ4v) is 3.11. The van der Waals surface area contributed by atoms with Crippen LogP contribution in [0.25, 0.3) is 0 Å². The molecule has 0 saturated heterocycles. The molecule has 0 radical (unpaired) electrons. The molecular weight excluding hydrogens is 319 g/mol. The smallest absolute Gasteiger partial charge is 0.251 e. The number of carbonyl (C=O) groups is 2. The summed E-state index contributed by atoms with van der Waals surface area (Å²) in [6.45, 7) is 2.97. The Kier molecular flexibility index (Phi) is 5.12. The molecule has 0 saturated carbocycles. The number of hydrogen-bond donors (Lipinski definition) is 1. The summed E-state index contributed by atoms with van der Waals surface area (Å²) in [6.07, 6.45) is 1.82. The molecule has 130 valence electrons. The fraction of sp³-hybridized carbons (Fsp3) is 0.300. The summed E-state index contributed by atoms with van der Waals surface area (Å²) in [5.74, 6) is -0.320. The van der Waals surface area contributed by atoms with Crippen LogP contribution in [0.1, 0.15) is 34.8 Å². The van der Waals surface area contributed by atoms with Gasteiger partial charge in [0.25, 0.3) is 5.91 Å². The molecule has 0 unspecified atom stereocenters. The summed E-state index contributed by atoms with van der Waals surface area (Å²) in [4.78, 5) is 26.0. The second kappa shape index (κ2) is 7.47. The van der Waals surface area contributed by atoms with Gasteiger partial charge in [-0.25, -0.2) is 4.39 Å². The van der Waals surface area contributed by atoms with E-state index in [4.69, 9.17) is 0 Å². The predicted molar refractivity (Wildman–Crippen MR) is 95.2 cm³/mol. The number of halogens is 1. The molecule has 0 aromatic heterocycles. The molecule has 4 nitrogen and oxygen atoms in total. The van der Waals surface area contributed by atoms with Gasteiger partial charge in [0.2, 0.25) is 5.91 Å². The number of amides is 2. The molecule has 0 bridgehead atoms. The van der Waals surface area contributed by atoms with Gasteiger partial charge >= 0.3 is 0 Å². The van der Waals surface area contributed by atoms with Gasteiger partial charge in [-0.05, 0) is 54.3 Å². The first-order valence-electron chi connectivity index (χ1n) is 8.54. The van der Waals surface area contributed by atoms with E-state index in [-0.39, 0.29) is 17.6 Å². The van der Waals surface area contributed by atoms with Gasteiger partial charge in [-0.2, -0.15) is 0 Å². The van der Waals surface area contributed by atoms with E-state index in [0.717, 1.165) is 23.2 Å². The van der Waals surface area contributed by atoms with Crippen LogP contribution in [-0.4, -0.2) is 24.9 Å². The van der Waals surface area contributed by atoms with Crippen molar-refractivity contribution in [2.45, 2.75) is 26.2 Å². The molecule has 1 heterocycles. The third-order valence-electron chi connectivity index (χ3n) is 4.43. The van der Waals surface area contributed by atoms with Crippen molar-refractivity contribution >= 4 is 17.5 Å². The zero-order valence-corrected chi connectivity index (χ0v) is 14.2. The molecule has 2 amide bonds. The first kappa shape index (κ1) is 17.1. The van der Waals surface area contributed by atoms with Gasteiger partial charge in [0.15, 0.2) is 0 Å². The number of nitrogens with one attached hydrogen (secondary N) is 1. The number of benzene rings is 2. The standard InChI is InChI=1S/C20H21FN2O2/c1-2-19(24)23-11-9-15-13-16(6-7-18(15)23)20(25)22-10-8-14-4-3-5-17(21)12-14/h3-7,12-13H,2,8-11H2,1H3,(H,22,25). The molecule has 3 rings (SSSR count). The Bertz CT molecular complexity index is 804. The van der Waals surface area contributed by atoms with Gasteiger partial charge in [-0.3, -0.25) is 9.59 Å². The van der Waals surface area contributed by atoms with Crippen molar-refractivity contribution in [3.05, 3.63) is 65.0 Å². The molecule has 0 spiro atoms. The average Bonchev–Trinajstić information content (AvgIpc) is 3.04. The van der Waals surface area contributed by atoms with Crippen LogP contribution in [0.3, 0.4) is 0 Å². The fourth-order valence-electron chi connectivity index (χ4n) is 3.11. The zero-order valence-electron chi connectivity index (χ0n) is 14.2. The number of fused-ring (bicyclic) bond motifs is 1. The summed E-state index contributed by atoms with van der Waals surface area (Å²) < 4.78 is 13.1. The highest BCUT2D eigenvalue weighted by Gasteiger charge is 2.24. The van der Waals surface area contributed by atoms with Gasteiger partial charge < -0.3 is 10.2 Å². The maximum atomic E-state index is 13.1. The number of hydrogen-bond acceptors (Lipinski definition) is 2. The van der Waals surface area contributed by atoms with Crippen LogP contribution < -0.4 is 10.2 Å². The number of carbonyl (C=O) groups excluding carboxylic acids is 2. The third-order valence-corrected chi connectivity index (χ3v) is 4.43. The lowest BCUT2D eigenvalue weighted by atomic mass is 10.1. The number of rotatable bonds is 5. The first-order valence-corrected chi connectivity index (χ1v) is 8.54. The second-order valence-corrected chi connectivity index (χ2v) is 6.13. The van der Waals surface area contributed by atoms with Crippen molar-refractivity contribution in [3.8, 4) is 0 Å². The van der Waals surface area contributed by atoms with E-state index in [1.165, 1.54) is 12.1 Å². The van der Waals surface area contributed by atoms with Crippen LogP contribution in [0.2, 0.25) is 0 Å². The summed E-state index contributed by atoms with van der Waals surface area (Å²) in [5, 5.41) is 2.86. The van der Waals surface area contributed by atoms with Crippen LogP contribution in [-0.2, 0) is 17.6 Å². The van der Waals surface area contributed by atoms with Crippen LogP contribution in [0.4, 0.5) is 10.1 Å². The Hall–Kier alpha value is -2.69. The maximum Gasteiger partial charge on any atom is 0.251 e. The minimum absolute atomic E-state index is 0.103. The molecule has 1 aliphatic rings. The van der Waals surface area contributed by atoms with Crippen LogP contribution in [0, 0.1) is 5.82 Å². The molecule has 25 heavy (non-hydrogen) atoms. The van der Waals surface area contributed by atoms with E-state index in [1.807, 2.05) is 25.1 Å². The first-order chi connectivity index (χ1) is 12.1. The van der Waals surface area contributed by atoms with E-state index in [1.54, 1.807) is 17.0 Å². The highest BCUT2D eigenvalue weighted by molar-refractivity contribution is 5.98. The van der Waals surface area contributed by atoms with Crippen molar-refractivity contribution in [3.63, 3.8) is 0 Å². The van der Waals surface area contributed by atoms with E-state index >= 15 is 0 Å². The van der Waals surface area contributed by atoms with Crippen molar-refractivity contribution in [1.82, 2.24) is 5.32 Å². The molecule has 5 heteroatoms. The largest absolute Gasteiger partial charge is 0.352 e. The van der Waals surface area contributed by atoms with E-state index in [9.17, 15) is 14.0 Å². The molecule has 0 aliphatic carbocycles. The molecule has 2 aromatic carbocycles. The Morgan fingerprint density at radius 2 is 2.04 bits per heavy atom. The van der Waals surface area contributed by atoms with Gasteiger partial charge in [0, 0.05) is 30.8 Å². The van der Waals surface area contributed by atoms with Gasteiger partial charge in [0.05, 0.1) is 0 Å². The Balaban J connectivity index is 1.61. The minimum Gasteiger partial charge on any atom is -0.352 e. The lowest BCUT2D eigenvalue weighted by Crippen LogP contribution is -2.28.